The minimum Gasteiger partial charge on any atom is -0.381 e. The highest BCUT2D eigenvalue weighted by Crippen LogP contribution is 2.33. The van der Waals surface area contributed by atoms with Crippen molar-refractivity contribution in [2.45, 2.75) is 25.2 Å². The number of aromatic nitrogens is 2. The normalized spacial score (nSPS) is 22.4. The fourth-order valence-corrected chi connectivity index (χ4v) is 1.69. The van der Waals surface area contributed by atoms with E-state index in [1.54, 1.807) is 0 Å². The maximum atomic E-state index is 5.33. The van der Waals surface area contributed by atoms with Crippen molar-refractivity contribution in [3.05, 3.63) is 18.0 Å². The van der Waals surface area contributed by atoms with Crippen LogP contribution in [0.25, 0.3) is 0 Å². The summed E-state index contributed by atoms with van der Waals surface area (Å²) in [6.07, 6.45) is 6.12. The fraction of sp³-hybridized carbons (Fsp3) is 0.667. The SMILES string of the molecule is CC1(c2cn[nH]c2)CCOCC1. The lowest BCUT2D eigenvalue weighted by atomic mass is 9.78. The first-order valence-electron chi connectivity index (χ1n) is 4.38. The van der Waals surface area contributed by atoms with Gasteiger partial charge in [0.25, 0.3) is 0 Å². The summed E-state index contributed by atoms with van der Waals surface area (Å²) in [6, 6.07) is 0. The molecule has 0 saturated carbocycles. The number of nitrogens with one attached hydrogen (secondary N) is 1. The van der Waals surface area contributed by atoms with Crippen molar-refractivity contribution in [1.29, 1.82) is 0 Å². The number of nitrogens with zero attached hydrogens (tertiary/aromatic N) is 1. The molecule has 1 aromatic rings. The lowest BCUT2D eigenvalue weighted by Crippen LogP contribution is -2.30. The van der Waals surface area contributed by atoms with Crippen molar-refractivity contribution in [2.75, 3.05) is 13.2 Å². The third-order valence-corrected chi connectivity index (χ3v) is 2.79. The van der Waals surface area contributed by atoms with Gasteiger partial charge in [-0.3, -0.25) is 5.10 Å². The van der Waals surface area contributed by atoms with Crippen LogP contribution >= 0.6 is 0 Å². The molecule has 2 heterocycles. The second-order valence-corrected chi connectivity index (χ2v) is 3.66. The highest BCUT2D eigenvalue weighted by Gasteiger charge is 2.29. The van der Waals surface area contributed by atoms with Crippen molar-refractivity contribution >= 4 is 0 Å². The lowest BCUT2D eigenvalue weighted by molar-refractivity contribution is 0.0564. The summed E-state index contributed by atoms with van der Waals surface area (Å²) in [6.45, 7) is 4.03. The highest BCUT2D eigenvalue weighted by molar-refractivity contribution is 5.17. The van der Waals surface area contributed by atoms with Crippen LogP contribution in [0.5, 0.6) is 0 Å². The van der Waals surface area contributed by atoms with Gasteiger partial charge in [-0.05, 0) is 23.8 Å². The summed E-state index contributed by atoms with van der Waals surface area (Å²) in [4.78, 5) is 0. The maximum absolute atomic E-state index is 5.33. The van der Waals surface area contributed by atoms with E-state index in [1.807, 2.05) is 12.4 Å². The van der Waals surface area contributed by atoms with Gasteiger partial charge >= 0.3 is 0 Å². The van der Waals surface area contributed by atoms with Crippen molar-refractivity contribution < 1.29 is 4.74 Å². The highest BCUT2D eigenvalue weighted by atomic mass is 16.5. The van der Waals surface area contributed by atoms with Gasteiger partial charge < -0.3 is 4.74 Å². The molecule has 1 aliphatic rings. The number of rotatable bonds is 1. The fourth-order valence-electron chi connectivity index (χ4n) is 1.69. The molecule has 0 amide bonds. The zero-order valence-corrected chi connectivity index (χ0v) is 7.34. The summed E-state index contributed by atoms with van der Waals surface area (Å²) >= 11 is 0. The van der Waals surface area contributed by atoms with Crippen molar-refractivity contribution in [3.63, 3.8) is 0 Å². The topological polar surface area (TPSA) is 37.9 Å². The predicted molar refractivity (Wildman–Crippen MR) is 46.0 cm³/mol. The molecular weight excluding hydrogens is 152 g/mol. The standard InChI is InChI=1S/C9H14N2O/c1-9(2-4-12-5-3-9)8-6-10-11-7-8/h6-7H,2-5H2,1H3,(H,10,11). The van der Waals surface area contributed by atoms with Gasteiger partial charge in [0.2, 0.25) is 0 Å². The summed E-state index contributed by atoms with van der Waals surface area (Å²) < 4.78 is 5.33. The molecule has 0 radical (unpaired) electrons. The number of hydrogen-bond donors (Lipinski definition) is 1. The summed E-state index contributed by atoms with van der Waals surface area (Å²) in [7, 11) is 0. The molecule has 1 aliphatic heterocycles. The van der Waals surface area contributed by atoms with Gasteiger partial charge in [-0.1, -0.05) is 6.92 Å². The molecular formula is C9H14N2O. The van der Waals surface area contributed by atoms with E-state index < -0.39 is 0 Å². The van der Waals surface area contributed by atoms with E-state index in [0.717, 1.165) is 26.1 Å². The molecule has 1 N–H and O–H groups in total. The summed E-state index contributed by atoms with van der Waals surface area (Å²) in [5.41, 5.74) is 1.59. The van der Waals surface area contributed by atoms with Crippen molar-refractivity contribution in [2.24, 2.45) is 0 Å². The summed E-state index contributed by atoms with van der Waals surface area (Å²) in [5.74, 6) is 0. The molecule has 66 valence electrons. The molecule has 3 nitrogen and oxygen atoms in total. The number of hydrogen-bond acceptors (Lipinski definition) is 2. The van der Waals surface area contributed by atoms with Crippen LogP contribution < -0.4 is 0 Å². The van der Waals surface area contributed by atoms with Crippen LogP contribution in [-0.2, 0) is 10.2 Å². The Kier molecular flexibility index (Phi) is 1.89. The first kappa shape index (κ1) is 7.80. The van der Waals surface area contributed by atoms with Gasteiger partial charge in [0.15, 0.2) is 0 Å². The molecule has 3 heteroatoms. The monoisotopic (exact) mass is 166 g/mol. The Bertz CT molecular complexity index is 237. The smallest absolute Gasteiger partial charge is 0.0524 e. The Morgan fingerprint density at radius 3 is 2.83 bits per heavy atom. The molecule has 0 bridgehead atoms. The summed E-state index contributed by atoms with van der Waals surface area (Å²) in [5, 5.41) is 6.84. The van der Waals surface area contributed by atoms with Gasteiger partial charge in [-0.25, -0.2) is 0 Å². The molecule has 1 aromatic heterocycles. The molecule has 1 fully saturated rings. The first-order chi connectivity index (χ1) is 5.81. The molecule has 0 unspecified atom stereocenters. The van der Waals surface area contributed by atoms with Crippen LogP contribution in [0.15, 0.2) is 12.4 Å². The van der Waals surface area contributed by atoms with Gasteiger partial charge in [-0.2, -0.15) is 5.10 Å². The lowest BCUT2D eigenvalue weighted by Gasteiger charge is -2.32. The number of ether oxygens (including phenoxy) is 1. The van der Waals surface area contributed by atoms with Crippen molar-refractivity contribution in [3.8, 4) is 0 Å². The quantitative estimate of drug-likeness (QED) is 0.686. The Hall–Kier alpha value is -0.830. The Balaban J connectivity index is 2.19. The van der Waals surface area contributed by atoms with Gasteiger partial charge in [0, 0.05) is 19.4 Å². The van der Waals surface area contributed by atoms with Crippen LogP contribution in [0.4, 0.5) is 0 Å². The van der Waals surface area contributed by atoms with E-state index in [4.69, 9.17) is 4.74 Å². The molecule has 0 atom stereocenters. The van der Waals surface area contributed by atoms with Crippen molar-refractivity contribution in [1.82, 2.24) is 10.2 Å². The minimum atomic E-state index is 0.283. The predicted octanol–water partition coefficient (Wildman–Crippen LogP) is 1.48. The van der Waals surface area contributed by atoms with Crippen LogP contribution in [0.3, 0.4) is 0 Å². The molecule has 1 saturated heterocycles. The van der Waals surface area contributed by atoms with Gasteiger partial charge in [-0.15, -0.1) is 0 Å². The second-order valence-electron chi connectivity index (χ2n) is 3.66. The number of aromatic amines is 1. The molecule has 0 aromatic carbocycles. The van der Waals surface area contributed by atoms with E-state index >= 15 is 0 Å². The first-order valence-corrected chi connectivity index (χ1v) is 4.38. The minimum absolute atomic E-state index is 0.283. The average molecular weight is 166 g/mol. The van der Waals surface area contributed by atoms with Crippen LogP contribution in [0.1, 0.15) is 25.3 Å². The zero-order chi connectivity index (χ0) is 8.44. The van der Waals surface area contributed by atoms with E-state index in [1.165, 1.54) is 5.56 Å². The molecule has 2 rings (SSSR count). The van der Waals surface area contributed by atoms with Crippen LogP contribution in [0, 0.1) is 0 Å². The van der Waals surface area contributed by atoms with E-state index in [2.05, 4.69) is 17.1 Å². The maximum Gasteiger partial charge on any atom is 0.0524 e. The van der Waals surface area contributed by atoms with E-state index in [9.17, 15) is 0 Å². The second kappa shape index (κ2) is 2.90. The van der Waals surface area contributed by atoms with E-state index in [-0.39, 0.29) is 5.41 Å². The average Bonchev–Trinajstić information content (AvgIpc) is 2.58. The largest absolute Gasteiger partial charge is 0.381 e. The van der Waals surface area contributed by atoms with E-state index in [0.29, 0.717) is 0 Å². The third kappa shape index (κ3) is 1.25. The molecule has 0 aliphatic carbocycles. The molecule has 0 spiro atoms. The Morgan fingerprint density at radius 1 is 1.50 bits per heavy atom. The number of H-pyrrole nitrogens is 1. The van der Waals surface area contributed by atoms with Gasteiger partial charge in [0.05, 0.1) is 6.20 Å². The Labute approximate surface area is 72.1 Å². The van der Waals surface area contributed by atoms with Crippen LogP contribution in [-0.4, -0.2) is 23.4 Å². The molecule has 12 heavy (non-hydrogen) atoms. The van der Waals surface area contributed by atoms with Crippen LogP contribution in [0.2, 0.25) is 0 Å². The zero-order valence-electron chi connectivity index (χ0n) is 7.34. The third-order valence-electron chi connectivity index (χ3n) is 2.79. The Morgan fingerprint density at radius 2 is 2.25 bits per heavy atom. The van der Waals surface area contributed by atoms with Gasteiger partial charge in [0.1, 0.15) is 0 Å².